The molecule has 1 N–H and O–H groups in total. The first-order valence-corrected chi connectivity index (χ1v) is 4.87. The zero-order valence-electron chi connectivity index (χ0n) is 9.09. The molecule has 1 aromatic carbocycles. The Balaban J connectivity index is 2.93. The molecule has 0 bridgehead atoms. The molecule has 0 aromatic heterocycles. The molecule has 1 aromatic rings. The fourth-order valence-corrected chi connectivity index (χ4v) is 1.16. The van der Waals surface area contributed by atoms with Gasteiger partial charge in [0.15, 0.2) is 11.6 Å². The molecule has 0 aliphatic heterocycles. The average molecular weight is 240 g/mol. The fourth-order valence-electron chi connectivity index (χ4n) is 1.16. The number of rotatable bonds is 4. The minimum Gasteiger partial charge on any atom is -0.491 e. The molecule has 6 heteroatoms. The smallest absolute Gasteiger partial charge is 0.238 e. The minimum atomic E-state index is -1.21. The highest BCUT2D eigenvalue weighted by Crippen LogP contribution is 2.25. The van der Waals surface area contributed by atoms with Gasteiger partial charge in [0.1, 0.15) is 6.42 Å². The molecule has 0 atom stereocenters. The molecule has 0 spiro atoms. The number of benzene rings is 1. The zero-order valence-corrected chi connectivity index (χ0v) is 9.09. The van der Waals surface area contributed by atoms with Crippen LogP contribution in [0, 0.1) is 23.0 Å². The van der Waals surface area contributed by atoms with Crippen LogP contribution in [0.15, 0.2) is 12.1 Å². The lowest BCUT2D eigenvalue weighted by atomic mass is 10.2. The Hall–Kier alpha value is -2.16. The van der Waals surface area contributed by atoms with Crippen LogP contribution in [0.4, 0.5) is 14.5 Å². The minimum absolute atomic E-state index is 0.205. The van der Waals surface area contributed by atoms with E-state index in [1.54, 1.807) is 13.0 Å². The summed E-state index contributed by atoms with van der Waals surface area (Å²) < 4.78 is 31.6. The number of nitrogens with zero attached hydrogens (tertiary/aromatic N) is 1. The van der Waals surface area contributed by atoms with Crippen molar-refractivity contribution < 1.29 is 18.3 Å². The first-order valence-electron chi connectivity index (χ1n) is 4.87. The lowest BCUT2D eigenvalue weighted by molar-refractivity contribution is -0.115. The van der Waals surface area contributed by atoms with Gasteiger partial charge in [-0.1, -0.05) is 0 Å². The number of carbonyl (C=O) groups is 1. The van der Waals surface area contributed by atoms with E-state index in [2.05, 4.69) is 5.32 Å². The molecule has 0 heterocycles. The second-order valence-corrected chi connectivity index (χ2v) is 3.06. The highest BCUT2D eigenvalue weighted by atomic mass is 19.2. The van der Waals surface area contributed by atoms with E-state index in [1.807, 2.05) is 0 Å². The maximum Gasteiger partial charge on any atom is 0.238 e. The third kappa shape index (κ3) is 3.14. The molecule has 90 valence electrons. The molecular weight excluding hydrogens is 230 g/mol. The van der Waals surface area contributed by atoms with Gasteiger partial charge in [-0.2, -0.15) is 9.65 Å². The summed E-state index contributed by atoms with van der Waals surface area (Å²) in [6.07, 6.45) is -0.422. The Kier molecular flexibility index (Phi) is 4.40. The lowest BCUT2D eigenvalue weighted by Gasteiger charge is -2.09. The summed E-state index contributed by atoms with van der Waals surface area (Å²) in [5.41, 5.74) is -0.314. The summed E-state index contributed by atoms with van der Waals surface area (Å²) in [7, 11) is 0. The molecule has 4 nitrogen and oxygen atoms in total. The number of carbonyl (C=O) groups excluding carboxylic acids is 1. The van der Waals surface area contributed by atoms with Gasteiger partial charge in [0.25, 0.3) is 0 Å². The summed E-state index contributed by atoms with van der Waals surface area (Å²) in [4.78, 5) is 11.0. The lowest BCUT2D eigenvalue weighted by Crippen LogP contribution is -2.12. The number of halogens is 2. The molecule has 0 unspecified atom stereocenters. The summed E-state index contributed by atoms with van der Waals surface area (Å²) in [6, 6.07) is 3.99. The van der Waals surface area contributed by atoms with Crippen LogP contribution in [0.2, 0.25) is 0 Å². The van der Waals surface area contributed by atoms with Gasteiger partial charge in [0.05, 0.1) is 18.4 Å². The molecule has 0 radical (unpaired) electrons. The number of ether oxygens (including phenoxy) is 1. The van der Waals surface area contributed by atoms with Gasteiger partial charge < -0.3 is 10.1 Å². The van der Waals surface area contributed by atoms with Crippen LogP contribution in [0.1, 0.15) is 13.3 Å². The van der Waals surface area contributed by atoms with Gasteiger partial charge in [0, 0.05) is 0 Å². The predicted molar refractivity (Wildman–Crippen MR) is 56.4 cm³/mol. The van der Waals surface area contributed by atoms with Crippen molar-refractivity contribution in [3.05, 3.63) is 23.8 Å². The number of hydrogen-bond acceptors (Lipinski definition) is 3. The van der Waals surface area contributed by atoms with Crippen molar-refractivity contribution in [3.8, 4) is 11.8 Å². The number of nitriles is 1. The zero-order chi connectivity index (χ0) is 12.8. The van der Waals surface area contributed by atoms with Crippen LogP contribution in [0.5, 0.6) is 5.75 Å². The molecule has 0 aliphatic rings. The van der Waals surface area contributed by atoms with Crippen molar-refractivity contribution >= 4 is 11.6 Å². The van der Waals surface area contributed by atoms with Crippen LogP contribution in [0.25, 0.3) is 0 Å². The van der Waals surface area contributed by atoms with Crippen molar-refractivity contribution in [2.75, 3.05) is 11.9 Å². The Morgan fingerprint density at radius 2 is 2.18 bits per heavy atom. The van der Waals surface area contributed by atoms with Crippen LogP contribution in [-0.2, 0) is 4.79 Å². The van der Waals surface area contributed by atoms with E-state index in [0.29, 0.717) is 0 Å². The van der Waals surface area contributed by atoms with E-state index >= 15 is 0 Å². The topological polar surface area (TPSA) is 62.1 Å². The van der Waals surface area contributed by atoms with Gasteiger partial charge in [0.2, 0.25) is 11.7 Å². The quantitative estimate of drug-likeness (QED) is 0.877. The van der Waals surface area contributed by atoms with Crippen molar-refractivity contribution in [2.45, 2.75) is 13.3 Å². The molecule has 0 aliphatic carbocycles. The fraction of sp³-hybridized carbons (Fsp3) is 0.273. The van der Waals surface area contributed by atoms with E-state index < -0.39 is 24.0 Å². The molecule has 1 rings (SSSR count). The Morgan fingerprint density at radius 3 is 2.76 bits per heavy atom. The highest BCUT2D eigenvalue weighted by Gasteiger charge is 2.15. The standard InChI is InChI=1S/C11H10F2N2O2/c1-2-17-8-4-3-7(10(12)11(8)13)15-9(16)5-6-14/h3-4H,2,5H2,1H3,(H,15,16). The molecule has 1 amide bonds. The summed E-state index contributed by atoms with van der Waals surface area (Å²) in [6.45, 7) is 1.84. The molecular formula is C11H10F2N2O2. The van der Waals surface area contributed by atoms with Crippen molar-refractivity contribution in [3.63, 3.8) is 0 Å². The number of nitrogens with one attached hydrogen (secondary N) is 1. The summed E-state index contributed by atoms with van der Waals surface area (Å²) >= 11 is 0. The van der Waals surface area contributed by atoms with Crippen LogP contribution >= 0.6 is 0 Å². The maximum atomic E-state index is 13.4. The maximum absolute atomic E-state index is 13.4. The highest BCUT2D eigenvalue weighted by molar-refractivity contribution is 5.92. The number of anilines is 1. The van der Waals surface area contributed by atoms with Crippen molar-refractivity contribution in [1.82, 2.24) is 0 Å². The molecule has 17 heavy (non-hydrogen) atoms. The van der Waals surface area contributed by atoms with E-state index in [-0.39, 0.29) is 18.0 Å². The second-order valence-electron chi connectivity index (χ2n) is 3.06. The SMILES string of the molecule is CCOc1ccc(NC(=O)CC#N)c(F)c1F. The Labute approximate surface area is 96.8 Å². The van der Waals surface area contributed by atoms with Gasteiger partial charge >= 0.3 is 0 Å². The van der Waals surface area contributed by atoms with Gasteiger partial charge in [-0.25, -0.2) is 4.39 Å². The van der Waals surface area contributed by atoms with Gasteiger partial charge in [-0.3, -0.25) is 4.79 Å². The van der Waals surface area contributed by atoms with Crippen LogP contribution in [-0.4, -0.2) is 12.5 Å². The van der Waals surface area contributed by atoms with E-state index in [1.165, 1.54) is 12.1 Å². The Morgan fingerprint density at radius 1 is 1.47 bits per heavy atom. The summed E-state index contributed by atoms with van der Waals surface area (Å²) in [5, 5.41) is 10.3. The monoisotopic (exact) mass is 240 g/mol. The average Bonchev–Trinajstić information content (AvgIpc) is 2.29. The molecule has 0 saturated carbocycles. The Bertz CT molecular complexity index is 469. The van der Waals surface area contributed by atoms with Gasteiger partial charge in [-0.15, -0.1) is 0 Å². The van der Waals surface area contributed by atoms with Crippen molar-refractivity contribution in [1.29, 1.82) is 5.26 Å². The number of amides is 1. The van der Waals surface area contributed by atoms with Gasteiger partial charge in [-0.05, 0) is 19.1 Å². The van der Waals surface area contributed by atoms with E-state index in [4.69, 9.17) is 10.00 Å². The molecule has 0 saturated heterocycles. The number of hydrogen-bond donors (Lipinski definition) is 1. The summed E-state index contributed by atoms with van der Waals surface area (Å²) in [5.74, 6) is -3.29. The van der Waals surface area contributed by atoms with E-state index in [0.717, 1.165) is 0 Å². The first-order chi connectivity index (χ1) is 8.10. The third-order valence-electron chi connectivity index (χ3n) is 1.86. The molecule has 0 fully saturated rings. The third-order valence-corrected chi connectivity index (χ3v) is 1.86. The van der Waals surface area contributed by atoms with E-state index in [9.17, 15) is 13.6 Å². The second kappa shape index (κ2) is 5.80. The van der Waals surface area contributed by atoms with Crippen LogP contribution in [0.3, 0.4) is 0 Å². The predicted octanol–water partition coefficient (Wildman–Crippen LogP) is 2.22. The largest absolute Gasteiger partial charge is 0.491 e. The normalized spacial score (nSPS) is 9.53. The first kappa shape index (κ1) is 12.9. The van der Waals surface area contributed by atoms with Crippen molar-refractivity contribution in [2.24, 2.45) is 0 Å². The van der Waals surface area contributed by atoms with Crippen LogP contribution < -0.4 is 10.1 Å².